The fraction of sp³-hybridized carbons (Fsp3) is 0.933. The van der Waals surface area contributed by atoms with Gasteiger partial charge in [-0.25, -0.2) is 0 Å². The lowest BCUT2D eigenvalue weighted by molar-refractivity contribution is -0.132. The molecule has 1 spiro atoms. The Labute approximate surface area is 110 Å². The number of rotatable bonds is 2. The highest BCUT2D eigenvalue weighted by Gasteiger charge is 2.65. The van der Waals surface area contributed by atoms with E-state index in [0.717, 1.165) is 26.1 Å². The van der Waals surface area contributed by atoms with Crippen molar-refractivity contribution in [3.8, 4) is 0 Å². The predicted octanol–water partition coefficient (Wildman–Crippen LogP) is 2.37. The first-order chi connectivity index (χ1) is 8.31. The number of hydrogen-bond acceptors (Lipinski definition) is 2. The van der Waals surface area contributed by atoms with E-state index in [1.54, 1.807) is 0 Å². The topological polar surface area (TPSA) is 32.3 Å². The Kier molecular flexibility index (Phi) is 2.42. The standard InChI is InChI=1S/C15H26N2O/c1-13(2)11(14(13,3)4)9-17-10-16-15(12(17)18)7-5-6-8-15/h11,16H,5-10H2,1-4H3. The molecule has 3 rings (SSSR count). The van der Waals surface area contributed by atoms with E-state index in [1.807, 2.05) is 0 Å². The molecule has 1 saturated heterocycles. The fourth-order valence-electron chi connectivity index (χ4n) is 4.22. The summed E-state index contributed by atoms with van der Waals surface area (Å²) in [4.78, 5) is 14.7. The molecule has 3 nitrogen and oxygen atoms in total. The van der Waals surface area contributed by atoms with Crippen LogP contribution in [0.1, 0.15) is 53.4 Å². The van der Waals surface area contributed by atoms with Gasteiger partial charge in [0.15, 0.2) is 0 Å². The summed E-state index contributed by atoms with van der Waals surface area (Å²) in [6, 6.07) is 0. The maximum atomic E-state index is 12.6. The Hall–Kier alpha value is -0.570. The van der Waals surface area contributed by atoms with E-state index < -0.39 is 0 Å². The van der Waals surface area contributed by atoms with Gasteiger partial charge in [0.25, 0.3) is 0 Å². The maximum Gasteiger partial charge on any atom is 0.243 e. The van der Waals surface area contributed by atoms with E-state index in [2.05, 4.69) is 37.9 Å². The molecule has 3 fully saturated rings. The first kappa shape index (κ1) is 12.5. The van der Waals surface area contributed by atoms with Crippen LogP contribution in [0.2, 0.25) is 0 Å². The third kappa shape index (κ3) is 1.43. The highest BCUT2D eigenvalue weighted by molar-refractivity contribution is 5.88. The smallest absolute Gasteiger partial charge is 0.243 e. The second kappa shape index (κ2) is 3.50. The van der Waals surface area contributed by atoms with Gasteiger partial charge in [-0.1, -0.05) is 40.5 Å². The van der Waals surface area contributed by atoms with Gasteiger partial charge in [0.2, 0.25) is 5.91 Å². The molecular formula is C15H26N2O. The summed E-state index contributed by atoms with van der Waals surface area (Å²) in [5.41, 5.74) is 0.570. The minimum atomic E-state index is -0.177. The first-order valence-electron chi connectivity index (χ1n) is 7.36. The molecule has 3 aliphatic rings. The van der Waals surface area contributed by atoms with Crippen LogP contribution in [0.4, 0.5) is 0 Å². The van der Waals surface area contributed by atoms with Crippen molar-refractivity contribution in [3.05, 3.63) is 0 Å². The molecule has 0 atom stereocenters. The molecular weight excluding hydrogens is 224 g/mol. The number of hydrogen-bond donors (Lipinski definition) is 1. The van der Waals surface area contributed by atoms with E-state index in [1.165, 1.54) is 12.8 Å². The van der Waals surface area contributed by atoms with E-state index in [4.69, 9.17) is 0 Å². The maximum absolute atomic E-state index is 12.6. The van der Waals surface area contributed by atoms with Crippen molar-refractivity contribution in [1.29, 1.82) is 0 Å². The SMILES string of the molecule is CC1(C)C(CN2CNC3(CCCC3)C2=O)C1(C)C. The largest absolute Gasteiger partial charge is 0.328 e. The molecule has 0 aromatic carbocycles. The molecule has 1 heterocycles. The van der Waals surface area contributed by atoms with Crippen LogP contribution in [-0.2, 0) is 4.79 Å². The predicted molar refractivity (Wildman–Crippen MR) is 72.0 cm³/mol. The molecule has 2 saturated carbocycles. The Morgan fingerprint density at radius 2 is 1.72 bits per heavy atom. The number of carbonyl (C=O) groups excluding carboxylic acids is 1. The molecule has 0 aromatic heterocycles. The molecule has 18 heavy (non-hydrogen) atoms. The molecule has 0 aromatic rings. The molecule has 0 bridgehead atoms. The molecule has 1 amide bonds. The molecule has 0 unspecified atom stereocenters. The van der Waals surface area contributed by atoms with Gasteiger partial charge in [0.1, 0.15) is 0 Å². The minimum absolute atomic E-state index is 0.177. The van der Waals surface area contributed by atoms with Gasteiger partial charge in [-0.15, -0.1) is 0 Å². The van der Waals surface area contributed by atoms with Crippen LogP contribution >= 0.6 is 0 Å². The van der Waals surface area contributed by atoms with Gasteiger partial charge in [-0.2, -0.15) is 0 Å². The van der Waals surface area contributed by atoms with Gasteiger partial charge in [-0.05, 0) is 29.6 Å². The molecule has 1 N–H and O–H groups in total. The fourth-order valence-corrected chi connectivity index (χ4v) is 4.22. The van der Waals surface area contributed by atoms with E-state index in [-0.39, 0.29) is 5.54 Å². The summed E-state index contributed by atoms with van der Waals surface area (Å²) in [5.74, 6) is 1.02. The minimum Gasteiger partial charge on any atom is -0.328 e. The van der Waals surface area contributed by atoms with Gasteiger partial charge in [0.05, 0.1) is 12.2 Å². The summed E-state index contributed by atoms with van der Waals surface area (Å²) in [6.07, 6.45) is 4.49. The highest BCUT2D eigenvalue weighted by Crippen LogP contribution is 2.68. The first-order valence-corrected chi connectivity index (χ1v) is 7.36. The van der Waals surface area contributed by atoms with E-state index in [0.29, 0.717) is 22.7 Å². The summed E-state index contributed by atoms with van der Waals surface area (Å²) in [5, 5.41) is 3.50. The summed E-state index contributed by atoms with van der Waals surface area (Å²) < 4.78 is 0. The van der Waals surface area contributed by atoms with Crippen molar-refractivity contribution in [1.82, 2.24) is 10.2 Å². The van der Waals surface area contributed by atoms with Crippen molar-refractivity contribution in [2.75, 3.05) is 13.2 Å². The van der Waals surface area contributed by atoms with Crippen molar-refractivity contribution < 1.29 is 4.79 Å². The second-order valence-corrected chi connectivity index (χ2v) is 7.65. The van der Waals surface area contributed by atoms with Crippen molar-refractivity contribution in [2.45, 2.75) is 58.9 Å². The van der Waals surface area contributed by atoms with Crippen LogP contribution in [0, 0.1) is 16.7 Å². The molecule has 0 radical (unpaired) electrons. The molecule has 102 valence electrons. The van der Waals surface area contributed by atoms with Gasteiger partial charge < -0.3 is 4.90 Å². The molecule has 1 aliphatic heterocycles. The Bertz CT molecular complexity index is 366. The van der Waals surface area contributed by atoms with Crippen LogP contribution in [0.5, 0.6) is 0 Å². The third-order valence-electron chi connectivity index (χ3n) is 6.48. The molecule has 3 heteroatoms. The number of nitrogens with one attached hydrogen (secondary N) is 1. The average Bonchev–Trinajstić information content (AvgIpc) is 2.76. The zero-order chi connectivity index (χ0) is 13.2. The van der Waals surface area contributed by atoms with E-state index in [9.17, 15) is 4.79 Å². The zero-order valence-corrected chi connectivity index (χ0v) is 12.2. The second-order valence-electron chi connectivity index (χ2n) is 7.65. The van der Waals surface area contributed by atoms with Gasteiger partial charge in [0, 0.05) is 6.54 Å². The number of amides is 1. The van der Waals surface area contributed by atoms with E-state index >= 15 is 0 Å². The van der Waals surface area contributed by atoms with Crippen LogP contribution in [0.3, 0.4) is 0 Å². The molecule has 2 aliphatic carbocycles. The third-order valence-corrected chi connectivity index (χ3v) is 6.48. The van der Waals surface area contributed by atoms with Crippen molar-refractivity contribution >= 4 is 5.91 Å². The van der Waals surface area contributed by atoms with Crippen LogP contribution < -0.4 is 5.32 Å². The zero-order valence-electron chi connectivity index (χ0n) is 12.2. The summed E-state index contributed by atoms with van der Waals surface area (Å²) in [6.45, 7) is 11.0. The Balaban J connectivity index is 1.68. The van der Waals surface area contributed by atoms with Crippen LogP contribution in [0.25, 0.3) is 0 Å². The van der Waals surface area contributed by atoms with Crippen molar-refractivity contribution in [3.63, 3.8) is 0 Å². The Morgan fingerprint density at radius 3 is 2.22 bits per heavy atom. The average molecular weight is 250 g/mol. The highest BCUT2D eigenvalue weighted by atomic mass is 16.2. The Morgan fingerprint density at radius 1 is 1.17 bits per heavy atom. The van der Waals surface area contributed by atoms with Gasteiger partial charge >= 0.3 is 0 Å². The monoisotopic (exact) mass is 250 g/mol. The summed E-state index contributed by atoms with van der Waals surface area (Å²) in [7, 11) is 0. The van der Waals surface area contributed by atoms with Crippen LogP contribution in [0.15, 0.2) is 0 Å². The normalized spacial score (nSPS) is 32.4. The lowest BCUT2D eigenvalue weighted by Gasteiger charge is -2.22. The summed E-state index contributed by atoms with van der Waals surface area (Å²) >= 11 is 0. The quantitative estimate of drug-likeness (QED) is 0.816. The van der Waals surface area contributed by atoms with Crippen LogP contribution in [-0.4, -0.2) is 29.6 Å². The lowest BCUT2D eigenvalue weighted by Crippen LogP contribution is -2.44. The van der Waals surface area contributed by atoms with Gasteiger partial charge in [-0.3, -0.25) is 10.1 Å². The number of nitrogens with zero attached hydrogens (tertiary/aromatic N) is 1. The van der Waals surface area contributed by atoms with Crippen molar-refractivity contribution in [2.24, 2.45) is 16.7 Å². The lowest BCUT2D eigenvalue weighted by atomic mass is 9.98. The number of carbonyl (C=O) groups is 1.